The Morgan fingerprint density at radius 1 is 1.40 bits per heavy atom. The fourth-order valence-electron chi connectivity index (χ4n) is 2.69. The summed E-state index contributed by atoms with van der Waals surface area (Å²) in [5.74, 6) is 0.807. The van der Waals surface area contributed by atoms with E-state index in [9.17, 15) is 0 Å². The fraction of sp³-hybridized carbons (Fsp3) is 0.750. The Kier molecular flexibility index (Phi) is 2.28. The third-order valence-electron chi connectivity index (χ3n) is 3.77. The molecule has 82 valence electrons. The minimum Gasteiger partial charge on any atom is -0.330 e. The van der Waals surface area contributed by atoms with E-state index in [-0.39, 0.29) is 0 Å². The minimum absolute atomic E-state index is 0.588. The lowest BCUT2D eigenvalue weighted by atomic mass is 9.99. The van der Waals surface area contributed by atoms with E-state index in [0.29, 0.717) is 12.1 Å². The van der Waals surface area contributed by atoms with Crippen molar-refractivity contribution in [3.05, 3.63) is 18.2 Å². The molecule has 2 unspecified atom stereocenters. The second-order valence-corrected chi connectivity index (χ2v) is 4.95. The maximum atomic E-state index is 4.33. The monoisotopic (exact) mass is 205 g/mol. The summed E-state index contributed by atoms with van der Waals surface area (Å²) >= 11 is 0. The third-order valence-corrected chi connectivity index (χ3v) is 3.77. The van der Waals surface area contributed by atoms with Crippen molar-refractivity contribution in [1.29, 1.82) is 0 Å². The van der Waals surface area contributed by atoms with Crippen LogP contribution in [-0.2, 0) is 0 Å². The number of nitrogens with one attached hydrogen (secondary N) is 1. The van der Waals surface area contributed by atoms with Crippen LogP contribution in [-0.4, -0.2) is 22.1 Å². The smallest absolute Gasteiger partial charge is 0.0951 e. The van der Waals surface area contributed by atoms with Crippen LogP contribution in [0, 0.1) is 0 Å². The number of aromatic nitrogens is 2. The molecule has 0 aromatic carbocycles. The highest BCUT2D eigenvalue weighted by Crippen LogP contribution is 2.41. The summed E-state index contributed by atoms with van der Waals surface area (Å²) in [5, 5.41) is 3.56. The molecule has 3 rings (SSSR count). The minimum atomic E-state index is 0.588. The summed E-state index contributed by atoms with van der Waals surface area (Å²) in [4.78, 5) is 4.33. The van der Waals surface area contributed by atoms with E-state index in [2.05, 4.69) is 28.0 Å². The first kappa shape index (κ1) is 9.40. The molecular formula is C12H19N3. The van der Waals surface area contributed by atoms with E-state index in [1.165, 1.54) is 37.9 Å². The van der Waals surface area contributed by atoms with Gasteiger partial charge in [0.2, 0.25) is 0 Å². The summed E-state index contributed by atoms with van der Waals surface area (Å²) in [7, 11) is 0. The fourth-order valence-corrected chi connectivity index (χ4v) is 2.69. The molecular weight excluding hydrogens is 186 g/mol. The Bertz CT molecular complexity index is 340. The Hall–Kier alpha value is -0.830. The highest BCUT2D eigenvalue weighted by atomic mass is 15.1. The van der Waals surface area contributed by atoms with Crippen LogP contribution in [0.4, 0.5) is 0 Å². The van der Waals surface area contributed by atoms with Gasteiger partial charge >= 0.3 is 0 Å². The first-order valence-electron chi connectivity index (χ1n) is 6.11. The Morgan fingerprint density at radius 2 is 2.27 bits per heavy atom. The summed E-state index contributed by atoms with van der Waals surface area (Å²) in [5.41, 5.74) is 1.47. The molecule has 2 fully saturated rings. The predicted molar refractivity (Wildman–Crippen MR) is 59.9 cm³/mol. The van der Waals surface area contributed by atoms with Crippen LogP contribution in [0.1, 0.15) is 50.3 Å². The van der Waals surface area contributed by atoms with E-state index in [4.69, 9.17) is 0 Å². The average molecular weight is 205 g/mol. The first-order chi connectivity index (χ1) is 7.36. The van der Waals surface area contributed by atoms with E-state index in [1.54, 1.807) is 0 Å². The largest absolute Gasteiger partial charge is 0.330 e. The van der Waals surface area contributed by atoms with Gasteiger partial charge in [0.15, 0.2) is 0 Å². The molecule has 1 saturated heterocycles. The summed E-state index contributed by atoms with van der Waals surface area (Å²) in [6.45, 7) is 3.46. The Morgan fingerprint density at radius 3 is 3.00 bits per heavy atom. The average Bonchev–Trinajstić information content (AvgIpc) is 2.98. The highest BCUT2D eigenvalue weighted by Gasteiger charge is 2.31. The molecule has 1 aliphatic heterocycles. The van der Waals surface area contributed by atoms with Crippen molar-refractivity contribution >= 4 is 0 Å². The lowest BCUT2D eigenvalue weighted by Crippen LogP contribution is -2.40. The van der Waals surface area contributed by atoms with Crippen molar-refractivity contribution in [3.8, 4) is 0 Å². The van der Waals surface area contributed by atoms with Crippen LogP contribution in [0.25, 0.3) is 0 Å². The van der Waals surface area contributed by atoms with Crippen molar-refractivity contribution in [1.82, 2.24) is 14.9 Å². The summed E-state index contributed by atoms with van der Waals surface area (Å²) in [6.07, 6.45) is 9.41. The van der Waals surface area contributed by atoms with Crippen molar-refractivity contribution in [2.75, 3.05) is 6.54 Å². The number of rotatable bonds is 2. The standard InChI is InChI=1S/C12H19N3/c1-9-11(3-2-6-14-9)15-8-13-7-12(15)10-4-5-10/h7-11,14H,2-6H2,1H3. The van der Waals surface area contributed by atoms with Crippen molar-refractivity contribution in [2.45, 2.75) is 50.6 Å². The van der Waals surface area contributed by atoms with Crippen LogP contribution in [0.5, 0.6) is 0 Å². The summed E-state index contributed by atoms with van der Waals surface area (Å²) in [6, 6.07) is 1.21. The van der Waals surface area contributed by atoms with Crippen LogP contribution in [0.2, 0.25) is 0 Å². The molecule has 3 heteroatoms. The van der Waals surface area contributed by atoms with Gasteiger partial charge in [-0.1, -0.05) is 0 Å². The zero-order valence-electron chi connectivity index (χ0n) is 9.32. The van der Waals surface area contributed by atoms with E-state index in [1.807, 2.05) is 6.33 Å². The molecule has 2 atom stereocenters. The molecule has 2 heterocycles. The third kappa shape index (κ3) is 1.69. The summed E-state index contributed by atoms with van der Waals surface area (Å²) < 4.78 is 2.43. The molecule has 1 aliphatic carbocycles. The quantitative estimate of drug-likeness (QED) is 0.801. The van der Waals surface area contributed by atoms with E-state index >= 15 is 0 Å². The van der Waals surface area contributed by atoms with Crippen LogP contribution in [0.15, 0.2) is 12.5 Å². The topological polar surface area (TPSA) is 29.9 Å². The number of piperidine rings is 1. The number of hydrogen-bond donors (Lipinski definition) is 1. The van der Waals surface area contributed by atoms with E-state index < -0.39 is 0 Å². The molecule has 3 nitrogen and oxygen atoms in total. The molecule has 0 spiro atoms. The Labute approximate surface area is 90.9 Å². The predicted octanol–water partition coefficient (Wildman–Crippen LogP) is 2.07. The van der Waals surface area contributed by atoms with Gasteiger partial charge in [0.05, 0.1) is 6.33 Å². The van der Waals surface area contributed by atoms with Crippen molar-refractivity contribution < 1.29 is 0 Å². The molecule has 15 heavy (non-hydrogen) atoms. The SMILES string of the molecule is CC1NCCCC1n1cncc1C1CC1. The zero-order valence-corrected chi connectivity index (χ0v) is 9.32. The van der Waals surface area contributed by atoms with Gasteiger partial charge in [-0.15, -0.1) is 0 Å². The second-order valence-electron chi connectivity index (χ2n) is 4.95. The van der Waals surface area contributed by atoms with Gasteiger partial charge in [-0.3, -0.25) is 0 Å². The van der Waals surface area contributed by atoms with Gasteiger partial charge in [0.25, 0.3) is 0 Å². The molecule has 1 aromatic rings. The van der Waals surface area contributed by atoms with Crippen LogP contribution < -0.4 is 5.32 Å². The van der Waals surface area contributed by atoms with E-state index in [0.717, 1.165) is 5.92 Å². The van der Waals surface area contributed by atoms with Crippen molar-refractivity contribution in [3.63, 3.8) is 0 Å². The molecule has 0 amide bonds. The van der Waals surface area contributed by atoms with Gasteiger partial charge in [0.1, 0.15) is 0 Å². The van der Waals surface area contributed by atoms with Gasteiger partial charge in [-0.25, -0.2) is 4.98 Å². The first-order valence-corrected chi connectivity index (χ1v) is 6.11. The van der Waals surface area contributed by atoms with Gasteiger partial charge in [-0.05, 0) is 39.2 Å². The van der Waals surface area contributed by atoms with Gasteiger partial charge < -0.3 is 9.88 Å². The number of nitrogens with zero attached hydrogens (tertiary/aromatic N) is 2. The molecule has 2 aliphatic rings. The lowest BCUT2D eigenvalue weighted by molar-refractivity contribution is 0.290. The van der Waals surface area contributed by atoms with Crippen molar-refractivity contribution in [2.24, 2.45) is 0 Å². The second kappa shape index (κ2) is 3.63. The maximum absolute atomic E-state index is 4.33. The van der Waals surface area contributed by atoms with Crippen LogP contribution >= 0.6 is 0 Å². The normalized spacial score (nSPS) is 31.8. The molecule has 1 saturated carbocycles. The van der Waals surface area contributed by atoms with Gasteiger partial charge in [-0.2, -0.15) is 0 Å². The maximum Gasteiger partial charge on any atom is 0.0951 e. The number of hydrogen-bond acceptors (Lipinski definition) is 2. The highest BCUT2D eigenvalue weighted by molar-refractivity contribution is 5.14. The molecule has 0 bridgehead atoms. The number of imidazole rings is 1. The molecule has 0 radical (unpaired) electrons. The lowest BCUT2D eigenvalue weighted by Gasteiger charge is -2.32. The Balaban J connectivity index is 1.86. The molecule has 1 N–H and O–H groups in total. The van der Waals surface area contributed by atoms with Gasteiger partial charge in [0, 0.05) is 29.9 Å². The molecule has 1 aromatic heterocycles. The van der Waals surface area contributed by atoms with Crippen LogP contribution in [0.3, 0.4) is 0 Å². The zero-order chi connectivity index (χ0) is 10.3.